The smallest absolute Gasteiger partial charge is 0.466 e. The highest BCUT2D eigenvalue weighted by Crippen LogP contribution is 2.10. The molecule has 0 saturated carbocycles. The monoisotopic (exact) mass is 256 g/mol. The molecule has 5 nitrogen and oxygen atoms in total. The molecule has 0 spiro atoms. The van der Waals surface area contributed by atoms with E-state index in [0.29, 0.717) is 0 Å². The van der Waals surface area contributed by atoms with Crippen LogP contribution in [0.25, 0.3) is 0 Å². The van der Waals surface area contributed by atoms with E-state index in [1.165, 1.54) is 7.11 Å². The molecule has 1 unspecified atom stereocenters. The van der Waals surface area contributed by atoms with Gasteiger partial charge in [-0.05, 0) is 19.4 Å². The van der Waals surface area contributed by atoms with Crippen molar-refractivity contribution in [1.82, 2.24) is 0 Å². The molecule has 5 heteroatoms. The van der Waals surface area contributed by atoms with E-state index in [4.69, 9.17) is 4.74 Å². The van der Waals surface area contributed by atoms with Crippen LogP contribution in [0.15, 0.2) is 24.3 Å². The quantitative estimate of drug-likeness (QED) is 0.398. The number of ether oxygens (including phenoxy) is 3. The Morgan fingerprint density at radius 2 is 2.00 bits per heavy atom. The van der Waals surface area contributed by atoms with Crippen molar-refractivity contribution in [3.63, 3.8) is 0 Å². The Bertz CT molecular complexity index is 319. The van der Waals surface area contributed by atoms with Crippen LogP contribution in [0.2, 0.25) is 0 Å². The first kappa shape index (κ1) is 16.2. The third-order valence-electron chi connectivity index (χ3n) is 2.04. The lowest BCUT2D eigenvalue weighted by molar-refractivity contribution is -0.137. The Morgan fingerprint density at radius 3 is 2.50 bits per heavy atom. The molecule has 0 aliphatic carbocycles. The van der Waals surface area contributed by atoms with Crippen molar-refractivity contribution in [3.8, 4) is 0 Å². The molecule has 18 heavy (non-hydrogen) atoms. The summed E-state index contributed by atoms with van der Waals surface area (Å²) in [6.07, 6.45) is 3.49. The molecular weight excluding hydrogens is 236 g/mol. The van der Waals surface area contributed by atoms with Gasteiger partial charge >= 0.3 is 12.1 Å². The maximum atomic E-state index is 11.3. The molecule has 0 fully saturated rings. The number of methoxy groups -OCH3 is 1. The number of esters is 1. The van der Waals surface area contributed by atoms with E-state index in [1.807, 2.05) is 13.0 Å². The number of unbranched alkanes of at least 4 members (excludes halogenated alkanes) is 1. The highest BCUT2D eigenvalue weighted by Gasteiger charge is 2.21. The zero-order valence-corrected chi connectivity index (χ0v) is 11.1. The maximum absolute atomic E-state index is 11.3. The SMILES string of the molecule is C=C(C(=O)OC)C(/C=C/CCC)OC(=O)OCC. The lowest BCUT2D eigenvalue weighted by Gasteiger charge is -2.14. The Balaban J connectivity index is 4.66. The molecule has 0 saturated heterocycles. The van der Waals surface area contributed by atoms with Crippen LogP contribution < -0.4 is 0 Å². The fraction of sp³-hybridized carbons (Fsp3) is 0.538. The van der Waals surface area contributed by atoms with Gasteiger partial charge in [0, 0.05) is 0 Å². The second-order valence-corrected chi connectivity index (χ2v) is 3.46. The summed E-state index contributed by atoms with van der Waals surface area (Å²) in [4.78, 5) is 22.6. The van der Waals surface area contributed by atoms with Crippen LogP contribution >= 0.6 is 0 Å². The van der Waals surface area contributed by atoms with Crippen LogP contribution in [0.3, 0.4) is 0 Å². The molecule has 1 atom stereocenters. The Hall–Kier alpha value is -1.78. The molecule has 0 rings (SSSR count). The normalized spacial score (nSPS) is 11.9. The van der Waals surface area contributed by atoms with E-state index in [0.717, 1.165) is 12.8 Å². The van der Waals surface area contributed by atoms with E-state index in [2.05, 4.69) is 16.1 Å². The summed E-state index contributed by atoms with van der Waals surface area (Å²) in [7, 11) is 1.24. The highest BCUT2D eigenvalue weighted by atomic mass is 16.7. The van der Waals surface area contributed by atoms with E-state index < -0.39 is 18.2 Å². The Morgan fingerprint density at radius 1 is 1.33 bits per heavy atom. The van der Waals surface area contributed by atoms with Crippen molar-refractivity contribution in [2.45, 2.75) is 32.8 Å². The topological polar surface area (TPSA) is 61.8 Å². The molecule has 0 heterocycles. The minimum Gasteiger partial charge on any atom is -0.466 e. The van der Waals surface area contributed by atoms with Gasteiger partial charge in [0.15, 0.2) is 6.10 Å². The number of carbonyl (C=O) groups excluding carboxylic acids is 2. The van der Waals surface area contributed by atoms with E-state index in [-0.39, 0.29) is 12.2 Å². The summed E-state index contributed by atoms with van der Waals surface area (Å²) >= 11 is 0. The second-order valence-electron chi connectivity index (χ2n) is 3.46. The average molecular weight is 256 g/mol. The van der Waals surface area contributed by atoms with Crippen molar-refractivity contribution in [1.29, 1.82) is 0 Å². The highest BCUT2D eigenvalue weighted by molar-refractivity contribution is 5.89. The fourth-order valence-corrected chi connectivity index (χ4v) is 1.12. The molecule has 0 aromatic carbocycles. The molecule has 0 amide bonds. The summed E-state index contributed by atoms with van der Waals surface area (Å²) in [5, 5.41) is 0. The Kier molecular flexibility index (Phi) is 8.35. The van der Waals surface area contributed by atoms with Crippen LogP contribution in [0.1, 0.15) is 26.7 Å². The van der Waals surface area contributed by atoms with Gasteiger partial charge in [-0.3, -0.25) is 0 Å². The van der Waals surface area contributed by atoms with Crippen molar-refractivity contribution in [2.75, 3.05) is 13.7 Å². The van der Waals surface area contributed by atoms with Gasteiger partial charge in [0.2, 0.25) is 0 Å². The maximum Gasteiger partial charge on any atom is 0.509 e. The van der Waals surface area contributed by atoms with Gasteiger partial charge in [0.05, 0.1) is 19.3 Å². The van der Waals surface area contributed by atoms with Gasteiger partial charge in [0.25, 0.3) is 0 Å². The molecular formula is C13H20O5. The van der Waals surface area contributed by atoms with E-state index in [1.54, 1.807) is 13.0 Å². The van der Waals surface area contributed by atoms with Crippen LogP contribution in [0.4, 0.5) is 4.79 Å². The molecule has 0 aromatic rings. The minimum absolute atomic E-state index is 0.0536. The van der Waals surface area contributed by atoms with Crippen molar-refractivity contribution in [3.05, 3.63) is 24.3 Å². The first-order valence-electron chi connectivity index (χ1n) is 5.83. The van der Waals surface area contributed by atoms with Crippen molar-refractivity contribution < 1.29 is 23.8 Å². The van der Waals surface area contributed by atoms with Gasteiger partial charge in [0.1, 0.15) is 0 Å². The minimum atomic E-state index is -0.858. The molecule has 0 bridgehead atoms. The predicted molar refractivity (Wildman–Crippen MR) is 67.1 cm³/mol. The van der Waals surface area contributed by atoms with E-state index >= 15 is 0 Å². The van der Waals surface area contributed by atoms with Crippen LogP contribution in [0.5, 0.6) is 0 Å². The number of carbonyl (C=O) groups is 2. The van der Waals surface area contributed by atoms with Gasteiger partial charge in [-0.25, -0.2) is 9.59 Å². The number of hydrogen-bond donors (Lipinski definition) is 0. The summed E-state index contributed by atoms with van der Waals surface area (Å²) in [6.45, 7) is 7.44. The average Bonchev–Trinajstić information content (AvgIpc) is 2.36. The standard InChI is InChI=1S/C13H20O5/c1-5-7-8-9-11(10(3)12(14)16-4)18-13(15)17-6-2/h8-9,11H,3,5-7H2,1-2,4H3/b9-8+. The van der Waals surface area contributed by atoms with Gasteiger partial charge in [-0.1, -0.05) is 26.0 Å². The molecule has 0 aliphatic heterocycles. The fourth-order valence-electron chi connectivity index (χ4n) is 1.12. The molecule has 0 N–H and O–H groups in total. The van der Waals surface area contributed by atoms with Gasteiger partial charge < -0.3 is 14.2 Å². The summed E-state index contributed by atoms with van der Waals surface area (Å²) < 4.78 is 14.2. The predicted octanol–water partition coefficient (Wildman–Crippen LogP) is 2.61. The zero-order valence-electron chi connectivity index (χ0n) is 11.1. The third-order valence-corrected chi connectivity index (χ3v) is 2.04. The first-order valence-corrected chi connectivity index (χ1v) is 5.83. The second kappa shape index (κ2) is 9.27. The number of allylic oxidation sites excluding steroid dienone is 1. The lowest BCUT2D eigenvalue weighted by atomic mass is 10.1. The van der Waals surface area contributed by atoms with Gasteiger partial charge in [-0.2, -0.15) is 0 Å². The van der Waals surface area contributed by atoms with Crippen molar-refractivity contribution in [2.24, 2.45) is 0 Å². The van der Waals surface area contributed by atoms with Crippen molar-refractivity contribution >= 4 is 12.1 Å². The molecule has 0 radical (unpaired) electrons. The first-order chi connectivity index (χ1) is 8.56. The number of rotatable bonds is 7. The third kappa shape index (κ3) is 6.08. The van der Waals surface area contributed by atoms with Crippen LogP contribution in [-0.2, 0) is 19.0 Å². The number of hydrogen-bond acceptors (Lipinski definition) is 5. The molecule has 102 valence electrons. The van der Waals surface area contributed by atoms with Gasteiger partial charge in [-0.15, -0.1) is 0 Å². The summed E-state index contributed by atoms with van der Waals surface area (Å²) in [5.41, 5.74) is 0.0536. The largest absolute Gasteiger partial charge is 0.509 e. The Labute approximate surface area is 107 Å². The molecule has 0 aromatic heterocycles. The van der Waals surface area contributed by atoms with E-state index in [9.17, 15) is 9.59 Å². The molecule has 0 aliphatic rings. The summed E-state index contributed by atoms with van der Waals surface area (Å²) in [6, 6.07) is 0. The zero-order chi connectivity index (χ0) is 14.0. The van der Waals surface area contributed by atoms with Crippen LogP contribution in [-0.4, -0.2) is 31.9 Å². The summed E-state index contributed by atoms with van der Waals surface area (Å²) in [5.74, 6) is -0.620. The lowest BCUT2D eigenvalue weighted by Crippen LogP contribution is -2.23. The van der Waals surface area contributed by atoms with Crippen LogP contribution in [0, 0.1) is 0 Å².